The Labute approximate surface area is 177 Å². The number of carbonyl (C=O) groups excluding carboxylic acids is 1. The molecule has 0 spiro atoms. The number of ether oxygens (including phenoxy) is 1. The number of anilines is 1. The molecule has 1 N–H and O–H groups in total. The van der Waals surface area contributed by atoms with Crippen LogP contribution in [0, 0.1) is 5.82 Å². The number of tetrazole rings is 1. The minimum Gasteiger partial charge on any atom is -0.379 e. The lowest BCUT2D eigenvalue weighted by atomic mass is 10.2. The summed E-state index contributed by atoms with van der Waals surface area (Å²) < 4.78 is 46.1. The SMILES string of the molecule is O=C(Cn1nnc(-c2ccccc2)n1)Nc1ccc(F)c(S(=O)(=O)N2CCOCC2)c1. The van der Waals surface area contributed by atoms with Gasteiger partial charge in [0.1, 0.15) is 17.3 Å². The Morgan fingerprint density at radius 3 is 2.61 bits per heavy atom. The van der Waals surface area contributed by atoms with Crippen molar-refractivity contribution in [1.82, 2.24) is 24.5 Å². The maximum atomic E-state index is 14.3. The van der Waals surface area contributed by atoms with Crippen LogP contribution >= 0.6 is 0 Å². The largest absolute Gasteiger partial charge is 0.379 e. The number of morpholine rings is 1. The van der Waals surface area contributed by atoms with Crippen molar-refractivity contribution in [2.24, 2.45) is 0 Å². The number of rotatable bonds is 6. The van der Waals surface area contributed by atoms with Crippen molar-refractivity contribution in [2.45, 2.75) is 11.4 Å². The van der Waals surface area contributed by atoms with Gasteiger partial charge in [-0.05, 0) is 23.4 Å². The zero-order valence-electron chi connectivity index (χ0n) is 16.3. The predicted molar refractivity (Wildman–Crippen MR) is 108 cm³/mol. The fourth-order valence-corrected chi connectivity index (χ4v) is 4.55. The number of aromatic nitrogens is 4. The van der Waals surface area contributed by atoms with Crippen molar-refractivity contribution < 1.29 is 22.3 Å². The third-order valence-electron chi connectivity index (χ3n) is 4.57. The molecule has 0 saturated carbocycles. The zero-order valence-corrected chi connectivity index (χ0v) is 17.1. The fourth-order valence-electron chi connectivity index (χ4n) is 3.05. The van der Waals surface area contributed by atoms with E-state index in [9.17, 15) is 17.6 Å². The fraction of sp³-hybridized carbons (Fsp3) is 0.263. The van der Waals surface area contributed by atoms with Crippen molar-refractivity contribution in [3.05, 3.63) is 54.3 Å². The van der Waals surface area contributed by atoms with Gasteiger partial charge in [-0.1, -0.05) is 30.3 Å². The maximum absolute atomic E-state index is 14.3. The minimum absolute atomic E-state index is 0.139. The topological polar surface area (TPSA) is 119 Å². The minimum atomic E-state index is -4.05. The van der Waals surface area contributed by atoms with Gasteiger partial charge in [0.2, 0.25) is 21.8 Å². The van der Waals surface area contributed by atoms with Crippen molar-refractivity contribution in [2.75, 3.05) is 31.6 Å². The van der Waals surface area contributed by atoms with Crippen LogP contribution in [0.15, 0.2) is 53.4 Å². The highest BCUT2D eigenvalue weighted by Crippen LogP contribution is 2.24. The van der Waals surface area contributed by atoms with E-state index in [1.165, 1.54) is 6.07 Å². The summed E-state index contributed by atoms with van der Waals surface area (Å²) in [7, 11) is -4.05. The third-order valence-corrected chi connectivity index (χ3v) is 6.49. The number of carbonyl (C=O) groups is 1. The van der Waals surface area contributed by atoms with Crippen LogP contribution < -0.4 is 5.32 Å². The van der Waals surface area contributed by atoms with Crippen LogP contribution in [0.1, 0.15) is 0 Å². The van der Waals surface area contributed by atoms with E-state index in [2.05, 4.69) is 20.7 Å². The summed E-state index contributed by atoms with van der Waals surface area (Å²) in [4.78, 5) is 13.0. The first-order chi connectivity index (χ1) is 14.9. The Kier molecular flexibility index (Phi) is 6.02. The van der Waals surface area contributed by atoms with Gasteiger partial charge in [0.15, 0.2) is 0 Å². The first kappa shape index (κ1) is 21.0. The van der Waals surface area contributed by atoms with E-state index in [0.717, 1.165) is 26.8 Å². The Balaban J connectivity index is 1.47. The molecule has 0 bridgehead atoms. The molecule has 0 atom stereocenters. The quantitative estimate of drug-likeness (QED) is 0.603. The molecular formula is C19H19FN6O4S. The summed E-state index contributed by atoms with van der Waals surface area (Å²) in [5, 5.41) is 14.5. The highest BCUT2D eigenvalue weighted by molar-refractivity contribution is 7.89. The summed E-state index contributed by atoms with van der Waals surface area (Å²) in [6.45, 7) is 0.517. The monoisotopic (exact) mass is 446 g/mol. The Morgan fingerprint density at radius 1 is 1.13 bits per heavy atom. The molecule has 12 heteroatoms. The second-order valence-corrected chi connectivity index (χ2v) is 8.63. The first-order valence-corrected chi connectivity index (χ1v) is 10.9. The molecule has 1 aromatic heterocycles. The molecule has 0 unspecified atom stereocenters. The van der Waals surface area contributed by atoms with Crippen LogP contribution in [0.25, 0.3) is 11.4 Å². The van der Waals surface area contributed by atoms with Crippen molar-refractivity contribution in [3.63, 3.8) is 0 Å². The highest BCUT2D eigenvalue weighted by atomic mass is 32.2. The molecule has 1 aliphatic rings. The molecule has 1 fully saturated rings. The number of hydrogen-bond acceptors (Lipinski definition) is 7. The van der Waals surface area contributed by atoms with E-state index in [1.807, 2.05) is 30.3 Å². The number of benzene rings is 2. The van der Waals surface area contributed by atoms with Crippen LogP contribution in [0.3, 0.4) is 0 Å². The highest BCUT2D eigenvalue weighted by Gasteiger charge is 2.29. The van der Waals surface area contributed by atoms with Gasteiger partial charge in [-0.25, -0.2) is 12.8 Å². The molecule has 1 amide bonds. The molecule has 1 aliphatic heterocycles. The average molecular weight is 446 g/mol. The summed E-state index contributed by atoms with van der Waals surface area (Å²) in [5.74, 6) is -1.04. The molecule has 2 heterocycles. The maximum Gasteiger partial charge on any atom is 0.248 e. The van der Waals surface area contributed by atoms with Gasteiger partial charge in [0.25, 0.3) is 0 Å². The lowest BCUT2D eigenvalue weighted by Crippen LogP contribution is -2.40. The van der Waals surface area contributed by atoms with E-state index in [1.54, 1.807) is 0 Å². The van der Waals surface area contributed by atoms with Gasteiger partial charge in [0.05, 0.1) is 13.2 Å². The normalized spacial score (nSPS) is 15.0. The lowest BCUT2D eigenvalue weighted by Gasteiger charge is -2.26. The Morgan fingerprint density at radius 2 is 1.87 bits per heavy atom. The first-order valence-electron chi connectivity index (χ1n) is 9.44. The number of nitrogens with zero attached hydrogens (tertiary/aromatic N) is 5. The van der Waals surface area contributed by atoms with Crippen molar-refractivity contribution in [3.8, 4) is 11.4 Å². The number of nitrogens with one attached hydrogen (secondary N) is 1. The standard InChI is InChI=1S/C19H19FN6O4S/c20-16-7-6-15(12-17(16)31(28,29)25-8-10-30-11-9-25)21-18(27)13-26-23-19(22-24-26)14-4-2-1-3-5-14/h1-7,12H,8-11,13H2,(H,21,27). The molecule has 10 nitrogen and oxygen atoms in total. The van der Waals surface area contributed by atoms with Crippen LogP contribution in [0.5, 0.6) is 0 Å². The number of halogens is 1. The second-order valence-electron chi connectivity index (χ2n) is 6.72. The molecule has 1 saturated heterocycles. The van der Waals surface area contributed by atoms with Crippen LogP contribution in [-0.4, -0.2) is 65.1 Å². The molecule has 0 aliphatic carbocycles. The summed E-state index contributed by atoms with van der Waals surface area (Å²) >= 11 is 0. The molecule has 2 aromatic carbocycles. The Hall–Kier alpha value is -3.22. The van der Waals surface area contributed by atoms with E-state index >= 15 is 0 Å². The van der Waals surface area contributed by atoms with Crippen LogP contribution in [0.4, 0.5) is 10.1 Å². The van der Waals surface area contributed by atoms with Gasteiger partial charge >= 0.3 is 0 Å². The number of hydrogen-bond donors (Lipinski definition) is 1. The molecule has 4 rings (SSSR count). The van der Waals surface area contributed by atoms with Crippen LogP contribution in [-0.2, 0) is 26.1 Å². The van der Waals surface area contributed by atoms with Gasteiger partial charge in [-0.15, -0.1) is 10.2 Å². The van der Waals surface area contributed by atoms with E-state index in [0.29, 0.717) is 5.82 Å². The average Bonchev–Trinajstić information content (AvgIpc) is 3.24. The van der Waals surface area contributed by atoms with Gasteiger partial charge in [0, 0.05) is 24.3 Å². The molecule has 31 heavy (non-hydrogen) atoms. The summed E-state index contributed by atoms with van der Waals surface area (Å²) in [5.41, 5.74) is 0.896. The van der Waals surface area contributed by atoms with E-state index in [-0.39, 0.29) is 38.5 Å². The van der Waals surface area contributed by atoms with Gasteiger partial charge in [-0.2, -0.15) is 9.10 Å². The summed E-state index contributed by atoms with van der Waals surface area (Å²) in [6, 6.07) is 12.5. The molecular weight excluding hydrogens is 427 g/mol. The third kappa shape index (κ3) is 4.76. The zero-order chi connectivity index (χ0) is 21.8. The van der Waals surface area contributed by atoms with E-state index in [4.69, 9.17) is 4.74 Å². The molecule has 162 valence electrons. The predicted octanol–water partition coefficient (Wildman–Crippen LogP) is 1.14. The smallest absolute Gasteiger partial charge is 0.248 e. The van der Waals surface area contributed by atoms with Crippen LogP contribution in [0.2, 0.25) is 0 Å². The Bertz CT molecular complexity index is 1180. The lowest BCUT2D eigenvalue weighted by molar-refractivity contribution is -0.117. The van der Waals surface area contributed by atoms with E-state index < -0.39 is 26.6 Å². The van der Waals surface area contributed by atoms with Crippen molar-refractivity contribution >= 4 is 21.6 Å². The van der Waals surface area contributed by atoms with Gasteiger partial charge in [-0.3, -0.25) is 4.79 Å². The van der Waals surface area contributed by atoms with Crippen molar-refractivity contribution in [1.29, 1.82) is 0 Å². The summed E-state index contributed by atoms with van der Waals surface area (Å²) in [6.07, 6.45) is 0. The molecule has 3 aromatic rings. The number of amides is 1. The molecule has 0 radical (unpaired) electrons. The van der Waals surface area contributed by atoms with Gasteiger partial charge < -0.3 is 10.1 Å². The second kappa shape index (κ2) is 8.88. The number of sulfonamides is 1.